The molecule has 0 saturated carbocycles. The second-order valence-corrected chi connectivity index (χ2v) is 5.59. The molecule has 1 heterocycles. The minimum absolute atomic E-state index is 0.310. The van der Waals surface area contributed by atoms with Crippen molar-refractivity contribution in [1.82, 2.24) is 0 Å². The van der Waals surface area contributed by atoms with Gasteiger partial charge in [-0.3, -0.25) is 4.90 Å². The molecule has 0 saturated heterocycles. The lowest BCUT2D eigenvalue weighted by Gasteiger charge is -2.35. The zero-order valence-corrected chi connectivity index (χ0v) is 11.1. The lowest BCUT2D eigenvalue weighted by Crippen LogP contribution is -2.50. The third-order valence-corrected chi connectivity index (χ3v) is 2.88. The maximum atomic E-state index is 12.2. The SMILES string of the molecule is CC(C)(C)OC(=O)N1c2ccccc2CCC1N. The van der Waals surface area contributed by atoms with E-state index in [4.69, 9.17) is 10.5 Å². The highest BCUT2D eigenvalue weighted by Crippen LogP contribution is 2.30. The van der Waals surface area contributed by atoms with Crippen molar-refractivity contribution >= 4 is 11.8 Å². The number of ether oxygens (including phenoxy) is 1. The van der Waals surface area contributed by atoms with Gasteiger partial charge in [-0.1, -0.05) is 18.2 Å². The summed E-state index contributed by atoms with van der Waals surface area (Å²) in [7, 11) is 0. The maximum absolute atomic E-state index is 12.2. The summed E-state index contributed by atoms with van der Waals surface area (Å²) in [5.41, 5.74) is 7.54. The summed E-state index contributed by atoms with van der Waals surface area (Å²) in [6, 6.07) is 7.83. The number of amides is 1. The van der Waals surface area contributed by atoms with Crippen LogP contribution in [0.25, 0.3) is 0 Å². The maximum Gasteiger partial charge on any atom is 0.416 e. The summed E-state index contributed by atoms with van der Waals surface area (Å²) in [5, 5.41) is 0. The fraction of sp³-hybridized carbons (Fsp3) is 0.500. The number of nitrogens with two attached hydrogens (primary N) is 1. The monoisotopic (exact) mass is 248 g/mol. The van der Waals surface area contributed by atoms with Crippen molar-refractivity contribution < 1.29 is 9.53 Å². The van der Waals surface area contributed by atoms with Gasteiger partial charge in [-0.15, -0.1) is 0 Å². The molecule has 0 bridgehead atoms. The summed E-state index contributed by atoms with van der Waals surface area (Å²) in [6.45, 7) is 5.56. The predicted octanol–water partition coefficient (Wildman–Crippen LogP) is 2.66. The molecule has 0 fully saturated rings. The zero-order valence-electron chi connectivity index (χ0n) is 11.1. The van der Waals surface area contributed by atoms with Gasteiger partial charge in [0, 0.05) is 0 Å². The number of fused-ring (bicyclic) bond motifs is 1. The highest BCUT2D eigenvalue weighted by atomic mass is 16.6. The molecule has 1 aliphatic heterocycles. The first kappa shape index (κ1) is 12.9. The Hall–Kier alpha value is -1.55. The first-order valence-electron chi connectivity index (χ1n) is 6.24. The molecule has 0 spiro atoms. The van der Waals surface area contributed by atoms with Crippen molar-refractivity contribution in [2.45, 2.75) is 45.4 Å². The van der Waals surface area contributed by atoms with Crippen molar-refractivity contribution in [2.75, 3.05) is 4.90 Å². The van der Waals surface area contributed by atoms with Crippen LogP contribution < -0.4 is 10.6 Å². The molecule has 4 heteroatoms. The minimum Gasteiger partial charge on any atom is -0.443 e. The molecule has 0 aliphatic carbocycles. The van der Waals surface area contributed by atoms with E-state index in [0.717, 1.165) is 24.1 Å². The molecule has 1 atom stereocenters. The number of nitrogens with zero attached hydrogens (tertiary/aromatic N) is 1. The fourth-order valence-electron chi connectivity index (χ4n) is 2.11. The van der Waals surface area contributed by atoms with E-state index in [0.29, 0.717) is 0 Å². The molecule has 1 unspecified atom stereocenters. The minimum atomic E-state index is -0.511. The number of benzene rings is 1. The van der Waals surface area contributed by atoms with E-state index in [-0.39, 0.29) is 12.3 Å². The van der Waals surface area contributed by atoms with E-state index in [1.54, 1.807) is 4.90 Å². The fourth-order valence-corrected chi connectivity index (χ4v) is 2.11. The number of hydrogen-bond donors (Lipinski definition) is 1. The molecule has 1 aliphatic rings. The average Bonchev–Trinajstić information content (AvgIpc) is 2.26. The van der Waals surface area contributed by atoms with E-state index >= 15 is 0 Å². The standard InChI is InChI=1S/C14H20N2O2/c1-14(2,3)18-13(17)16-11-7-5-4-6-10(11)8-9-12(16)15/h4-7,12H,8-9,15H2,1-3H3. The summed E-state index contributed by atoms with van der Waals surface area (Å²) < 4.78 is 5.41. The number of carbonyl (C=O) groups excluding carboxylic acids is 1. The van der Waals surface area contributed by atoms with Gasteiger partial charge in [0.1, 0.15) is 5.60 Å². The molecule has 0 aromatic heterocycles. The van der Waals surface area contributed by atoms with Gasteiger partial charge in [0.15, 0.2) is 0 Å². The Balaban J connectivity index is 2.29. The van der Waals surface area contributed by atoms with Crippen molar-refractivity contribution in [2.24, 2.45) is 5.73 Å². The average molecular weight is 248 g/mol. The molecule has 2 rings (SSSR count). The molecule has 2 N–H and O–H groups in total. The predicted molar refractivity (Wildman–Crippen MR) is 71.5 cm³/mol. The second kappa shape index (κ2) is 4.61. The molecule has 18 heavy (non-hydrogen) atoms. The normalized spacial score (nSPS) is 19.3. The molecule has 1 amide bonds. The van der Waals surface area contributed by atoms with Gasteiger partial charge in [0.2, 0.25) is 0 Å². The van der Waals surface area contributed by atoms with E-state index in [2.05, 4.69) is 0 Å². The van der Waals surface area contributed by atoms with Crippen LogP contribution in [0.1, 0.15) is 32.8 Å². The van der Waals surface area contributed by atoms with Crippen molar-refractivity contribution in [3.05, 3.63) is 29.8 Å². The summed E-state index contributed by atoms with van der Waals surface area (Å²) in [4.78, 5) is 13.8. The topological polar surface area (TPSA) is 55.6 Å². The van der Waals surface area contributed by atoms with Crippen LogP contribution in [0.4, 0.5) is 10.5 Å². The van der Waals surface area contributed by atoms with Crippen LogP contribution in [0.15, 0.2) is 24.3 Å². The quantitative estimate of drug-likeness (QED) is 0.768. The third kappa shape index (κ3) is 2.64. The summed E-state index contributed by atoms with van der Waals surface area (Å²) in [6.07, 6.45) is 0.976. The highest BCUT2D eigenvalue weighted by Gasteiger charge is 2.31. The van der Waals surface area contributed by atoms with Gasteiger partial charge in [-0.2, -0.15) is 0 Å². The van der Waals surface area contributed by atoms with Crippen LogP contribution in [0.5, 0.6) is 0 Å². The number of para-hydroxylation sites is 1. The van der Waals surface area contributed by atoms with Crippen LogP contribution in [0, 0.1) is 0 Å². The van der Waals surface area contributed by atoms with Gasteiger partial charge < -0.3 is 10.5 Å². The molecular formula is C14H20N2O2. The molecule has 98 valence electrons. The molecular weight excluding hydrogens is 228 g/mol. The van der Waals surface area contributed by atoms with Crippen molar-refractivity contribution in [3.63, 3.8) is 0 Å². The van der Waals surface area contributed by atoms with E-state index in [9.17, 15) is 4.79 Å². The lowest BCUT2D eigenvalue weighted by molar-refractivity contribution is 0.0561. The molecule has 1 aromatic rings. The Morgan fingerprint density at radius 1 is 1.39 bits per heavy atom. The number of anilines is 1. The first-order chi connectivity index (χ1) is 8.38. The Labute approximate surface area is 108 Å². The highest BCUT2D eigenvalue weighted by molar-refractivity contribution is 5.90. The van der Waals surface area contributed by atoms with Crippen molar-refractivity contribution in [1.29, 1.82) is 0 Å². The number of carbonyl (C=O) groups is 1. The Morgan fingerprint density at radius 2 is 2.06 bits per heavy atom. The lowest BCUT2D eigenvalue weighted by atomic mass is 10.0. The molecule has 4 nitrogen and oxygen atoms in total. The first-order valence-corrected chi connectivity index (χ1v) is 6.24. The smallest absolute Gasteiger partial charge is 0.416 e. The van der Waals surface area contributed by atoms with Gasteiger partial charge in [-0.25, -0.2) is 4.79 Å². The van der Waals surface area contributed by atoms with Gasteiger partial charge in [0.05, 0.1) is 11.9 Å². The number of rotatable bonds is 0. The third-order valence-electron chi connectivity index (χ3n) is 2.88. The Bertz CT molecular complexity index is 451. The Morgan fingerprint density at radius 3 is 2.72 bits per heavy atom. The van der Waals surface area contributed by atoms with Gasteiger partial charge in [-0.05, 0) is 45.2 Å². The molecule has 1 aromatic carbocycles. The van der Waals surface area contributed by atoms with Crippen LogP contribution >= 0.6 is 0 Å². The van der Waals surface area contributed by atoms with E-state index in [1.807, 2.05) is 45.0 Å². The number of hydrogen-bond acceptors (Lipinski definition) is 3. The van der Waals surface area contributed by atoms with Crippen LogP contribution in [-0.4, -0.2) is 17.9 Å². The van der Waals surface area contributed by atoms with Gasteiger partial charge in [0.25, 0.3) is 0 Å². The number of aryl methyl sites for hydroxylation is 1. The Kier molecular flexibility index (Phi) is 3.30. The van der Waals surface area contributed by atoms with Gasteiger partial charge >= 0.3 is 6.09 Å². The van der Waals surface area contributed by atoms with Crippen LogP contribution in [0.2, 0.25) is 0 Å². The summed E-state index contributed by atoms with van der Waals surface area (Å²) in [5.74, 6) is 0. The molecule has 0 radical (unpaired) electrons. The van der Waals surface area contributed by atoms with Crippen LogP contribution in [-0.2, 0) is 11.2 Å². The zero-order chi connectivity index (χ0) is 13.3. The van der Waals surface area contributed by atoms with Crippen molar-refractivity contribution in [3.8, 4) is 0 Å². The van der Waals surface area contributed by atoms with Crippen LogP contribution in [0.3, 0.4) is 0 Å². The largest absolute Gasteiger partial charge is 0.443 e. The van der Waals surface area contributed by atoms with E-state index in [1.165, 1.54) is 0 Å². The summed E-state index contributed by atoms with van der Waals surface area (Å²) >= 11 is 0. The second-order valence-electron chi connectivity index (χ2n) is 5.59. The van der Waals surface area contributed by atoms with E-state index < -0.39 is 5.60 Å².